The smallest absolute Gasteiger partial charge is 0.200 e. The molecular weight excluding hydrogens is 464 g/mol. The van der Waals surface area contributed by atoms with E-state index in [2.05, 4.69) is 19.1 Å². The molecule has 36 heavy (non-hydrogen) atoms. The number of hydrogen-bond acceptors (Lipinski definition) is 1. The summed E-state index contributed by atoms with van der Waals surface area (Å²) in [5.74, 6) is -2.91. The van der Waals surface area contributed by atoms with Gasteiger partial charge in [-0.15, -0.1) is 0 Å². The van der Waals surface area contributed by atoms with E-state index in [1.165, 1.54) is 43.9 Å². The number of benzene rings is 3. The minimum atomic E-state index is -1.04. The monoisotopic (exact) mass is 496 g/mol. The molecule has 0 radical (unpaired) electrons. The Morgan fingerprint density at radius 1 is 0.806 bits per heavy atom. The molecule has 0 N–H and O–H groups in total. The van der Waals surface area contributed by atoms with Crippen LogP contribution in [0.5, 0.6) is 5.75 Å². The first-order valence-corrected chi connectivity index (χ1v) is 12.7. The maximum absolute atomic E-state index is 14.9. The van der Waals surface area contributed by atoms with Crippen LogP contribution in [0.3, 0.4) is 0 Å². The van der Waals surface area contributed by atoms with Gasteiger partial charge in [0.2, 0.25) is 5.82 Å². The number of aryl methyl sites for hydroxylation is 2. The van der Waals surface area contributed by atoms with Crippen LogP contribution in [0.2, 0.25) is 0 Å². The zero-order valence-electron chi connectivity index (χ0n) is 20.8. The quantitative estimate of drug-likeness (QED) is 0.163. The summed E-state index contributed by atoms with van der Waals surface area (Å²) in [5.41, 5.74) is 2.45. The van der Waals surface area contributed by atoms with Gasteiger partial charge in [-0.05, 0) is 73.3 Å². The van der Waals surface area contributed by atoms with Gasteiger partial charge >= 0.3 is 0 Å². The lowest BCUT2D eigenvalue weighted by Gasteiger charge is -2.23. The van der Waals surface area contributed by atoms with Gasteiger partial charge in [0.15, 0.2) is 23.2 Å². The third-order valence-electron chi connectivity index (χ3n) is 7.02. The van der Waals surface area contributed by atoms with Crippen molar-refractivity contribution in [2.24, 2.45) is 5.92 Å². The Morgan fingerprint density at radius 2 is 1.58 bits per heavy atom. The molecule has 3 aromatic rings. The van der Waals surface area contributed by atoms with Crippen LogP contribution < -0.4 is 4.74 Å². The van der Waals surface area contributed by atoms with E-state index in [9.17, 15) is 17.6 Å². The maximum Gasteiger partial charge on any atom is 0.200 e. The van der Waals surface area contributed by atoms with Crippen molar-refractivity contribution in [1.82, 2.24) is 0 Å². The molecule has 2 atom stereocenters. The fraction of sp³-hybridized carbons (Fsp3) is 0.355. The number of allylic oxidation sites excluding steroid dienone is 2. The minimum absolute atomic E-state index is 0.0541. The second kappa shape index (κ2) is 11.8. The molecule has 0 saturated heterocycles. The van der Waals surface area contributed by atoms with Crippen molar-refractivity contribution < 1.29 is 22.3 Å². The molecule has 0 bridgehead atoms. The van der Waals surface area contributed by atoms with Crippen molar-refractivity contribution >= 4 is 0 Å². The van der Waals surface area contributed by atoms with Gasteiger partial charge in [0.1, 0.15) is 0 Å². The second-order valence-electron chi connectivity index (χ2n) is 9.60. The van der Waals surface area contributed by atoms with Crippen LogP contribution in [0.4, 0.5) is 17.6 Å². The summed E-state index contributed by atoms with van der Waals surface area (Å²) in [4.78, 5) is 0. The van der Waals surface area contributed by atoms with E-state index in [-0.39, 0.29) is 35.5 Å². The molecule has 1 nitrogen and oxygen atoms in total. The third kappa shape index (κ3) is 5.83. The van der Waals surface area contributed by atoms with E-state index in [4.69, 9.17) is 4.74 Å². The molecule has 190 valence electrons. The van der Waals surface area contributed by atoms with E-state index in [1.807, 2.05) is 24.3 Å². The summed E-state index contributed by atoms with van der Waals surface area (Å²) in [5, 5.41) is 0. The molecular formula is C31H32F4O. The number of hydrogen-bond donors (Lipinski definition) is 0. The van der Waals surface area contributed by atoms with Crippen LogP contribution in [-0.4, -0.2) is 6.61 Å². The molecule has 2 unspecified atom stereocenters. The summed E-state index contributed by atoms with van der Waals surface area (Å²) >= 11 is 0. The molecule has 1 aliphatic rings. The Labute approximate surface area is 210 Å². The molecule has 0 heterocycles. The van der Waals surface area contributed by atoms with Gasteiger partial charge in [0.25, 0.3) is 0 Å². The Kier molecular flexibility index (Phi) is 8.50. The van der Waals surface area contributed by atoms with Crippen molar-refractivity contribution in [3.05, 3.63) is 101 Å². The molecule has 0 spiro atoms. The highest BCUT2D eigenvalue weighted by Gasteiger charge is 2.18. The normalized spacial score (nSPS) is 17.4. The standard InChI is InChI=1S/C31H32F4O/c1-3-5-21-8-10-22(11-9-21)23-12-14-24(15-13-23)26-17-16-25(29(33)30(26)34)6-4-19-36-27-18-7-20(2)28(32)31(27)35/h7-8,10,12-18,21-22H,3-6,9,11,19H2,1-2H3. The molecule has 0 aliphatic heterocycles. The van der Waals surface area contributed by atoms with Crippen LogP contribution in [0, 0.1) is 36.1 Å². The van der Waals surface area contributed by atoms with Crippen molar-refractivity contribution in [3.63, 3.8) is 0 Å². The highest BCUT2D eigenvalue weighted by Crippen LogP contribution is 2.34. The van der Waals surface area contributed by atoms with E-state index >= 15 is 0 Å². The molecule has 1 aliphatic carbocycles. The summed E-state index contributed by atoms with van der Waals surface area (Å²) in [6.45, 7) is 3.73. The van der Waals surface area contributed by atoms with Gasteiger partial charge in [0, 0.05) is 11.5 Å². The van der Waals surface area contributed by atoms with Crippen molar-refractivity contribution in [3.8, 4) is 16.9 Å². The zero-order valence-corrected chi connectivity index (χ0v) is 20.8. The largest absolute Gasteiger partial charge is 0.490 e. The molecule has 4 rings (SSSR count). The summed E-state index contributed by atoms with van der Waals surface area (Å²) in [6.07, 6.45) is 9.84. The van der Waals surface area contributed by atoms with E-state index < -0.39 is 23.3 Å². The lowest BCUT2D eigenvalue weighted by molar-refractivity contribution is 0.289. The first kappa shape index (κ1) is 26.0. The topological polar surface area (TPSA) is 9.23 Å². The second-order valence-corrected chi connectivity index (χ2v) is 9.60. The molecule has 5 heteroatoms. The molecule has 0 fully saturated rings. The van der Waals surface area contributed by atoms with Crippen LogP contribution in [-0.2, 0) is 6.42 Å². The Balaban J connectivity index is 1.37. The first-order valence-electron chi connectivity index (χ1n) is 12.7. The molecule has 3 aromatic carbocycles. The number of ether oxygens (including phenoxy) is 1. The van der Waals surface area contributed by atoms with Gasteiger partial charge in [-0.1, -0.05) is 68.0 Å². The van der Waals surface area contributed by atoms with Crippen LogP contribution in [0.25, 0.3) is 11.1 Å². The fourth-order valence-corrected chi connectivity index (χ4v) is 4.87. The fourth-order valence-electron chi connectivity index (χ4n) is 4.87. The number of halogens is 4. The average Bonchev–Trinajstić information content (AvgIpc) is 2.89. The van der Waals surface area contributed by atoms with E-state index in [0.717, 1.165) is 6.42 Å². The Bertz CT molecular complexity index is 1220. The molecule has 0 amide bonds. The predicted molar refractivity (Wildman–Crippen MR) is 136 cm³/mol. The minimum Gasteiger partial charge on any atom is -0.490 e. The zero-order chi connectivity index (χ0) is 25.7. The van der Waals surface area contributed by atoms with Crippen LogP contribution >= 0.6 is 0 Å². The van der Waals surface area contributed by atoms with Crippen molar-refractivity contribution in [2.75, 3.05) is 6.61 Å². The van der Waals surface area contributed by atoms with Gasteiger partial charge in [-0.25, -0.2) is 13.2 Å². The molecule has 0 saturated carbocycles. The Hall–Kier alpha value is -3.08. The lowest BCUT2D eigenvalue weighted by atomic mass is 9.82. The lowest BCUT2D eigenvalue weighted by Crippen LogP contribution is -2.07. The van der Waals surface area contributed by atoms with Crippen LogP contribution in [0.15, 0.2) is 60.7 Å². The average molecular weight is 497 g/mol. The number of rotatable bonds is 9. The van der Waals surface area contributed by atoms with Crippen molar-refractivity contribution in [1.29, 1.82) is 0 Å². The van der Waals surface area contributed by atoms with Gasteiger partial charge in [0.05, 0.1) is 6.61 Å². The highest BCUT2D eigenvalue weighted by molar-refractivity contribution is 5.65. The Morgan fingerprint density at radius 3 is 2.28 bits per heavy atom. The maximum atomic E-state index is 14.9. The third-order valence-corrected chi connectivity index (χ3v) is 7.02. The van der Waals surface area contributed by atoms with Gasteiger partial charge in [-0.3, -0.25) is 0 Å². The predicted octanol–water partition coefficient (Wildman–Crippen LogP) is 9.08. The first-order chi connectivity index (χ1) is 17.4. The van der Waals surface area contributed by atoms with Gasteiger partial charge in [-0.2, -0.15) is 4.39 Å². The summed E-state index contributed by atoms with van der Waals surface area (Å²) < 4.78 is 62.6. The molecule has 0 aromatic heterocycles. The SMILES string of the molecule is CCCC1C=CC(c2ccc(-c3ccc(CCCOc4ccc(C)c(F)c4F)c(F)c3F)cc2)CC1. The summed E-state index contributed by atoms with van der Waals surface area (Å²) in [7, 11) is 0. The summed E-state index contributed by atoms with van der Waals surface area (Å²) in [6, 6.07) is 13.7. The van der Waals surface area contributed by atoms with Crippen molar-refractivity contribution in [2.45, 2.75) is 58.3 Å². The van der Waals surface area contributed by atoms with E-state index in [1.54, 1.807) is 12.1 Å². The highest BCUT2D eigenvalue weighted by atomic mass is 19.2. The van der Waals surface area contributed by atoms with E-state index in [0.29, 0.717) is 23.8 Å². The van der Waals surface area contributed by atoms with Crippen LogP contribution in [0.1, 0.15) is 61.6 Å². The van der Waals surface area contributed by atoms with Gasteiger partial charge < -0.3 is 4.74 Å².